The van der Waals surface area contributed by atoms with Gasteiger partial charge in [-0.25, -0.2) is 0 Å². The maximum atomic E-state index is 12.9. The quantitative estimate of drug-likeness (QED) is 0.845. The highest BCUT2D eigenvalue weighted by atomic mass is 16.2. The van der Waals surface area contributed by atoms with Gasteiger partial charge in [-0.05, 0) is 18.4 Å². The molecule has 154 valence electrons. The van der Waals surface area contributed by atoms with Crippen molar-refractivity contribution in [3.05, 3.63) is 47.7 Å². The smallest absolute Gasteiger partial charge is 0.274 e. The first kappa shape index (κ1) is 19.6. The molecule has 7 nitrogen and oxygen atoms in total. The molecular weight excluding hydrogens is 366 g/mol. The summed E-state index contributed by atoms with van der Waals surface area (Å²) in [5.74, 6) is 0.648. The molecule has 2 fully saturated rings. The van der Waals surface area contributed by atoms with E-state index in [0.717, 1.165) is 45.3 Å². The number of aromatic nitrogens is 2. The Hall–Kier alpha value is -2.67. The van der Waals surface area contributed by atoms with Gasteiger partial charge in [0.15, 0.2) is 5.69 Å². The van der Waals surface area contributed by atoms with Crippen LogP contribution in [0.2, 0.25) is 0 Å². The molecule has 2 heterocycles. The van der Waals surface area contributed by atoms with Gasteiger partial charge in [-0.1, -0.05) is 43.2 Å². The summed E-state index contributed by atoms with van der Waals surface area (Å²) in [4.78, 5) is 29.5. The lowest BCUT2D eigenvalue weighted by Gasteiger charge is -2.34. The van der Waals surface area contributed by atoms with Gasteiger partial charge in [0.25, 0.3) is 5.91 Å². The van der Waals surface area contributed by atoms with Crippen LogP contribution >= 0.6 is 0 Å². The van der Waals surface area contributed by atoms with Crippen LogP contribution in [0.25, 0.3) is 0 Å². The predicted octanol–water partition coefficient (Wildman–Crippen LogP) is 2.51. The Morgan fingerprint density at radius 1 is 1.07 bits per heavy atom. The Bertz CT molecular complexity index is 849. The number of aryl methyl sites for hydroxylation is 1. The topological polar surface area (TPSA) is 70.5 Å². The van der Waals surface area contributed by atoms with Gasteiger partial charge in [0.1, 0.15) is 5.82 Å². The molecule has 1 aromatic carbocycles. The number of carbonyl (C=O) groups is 2. The Morgan fingerprint density at radius 3 is 2.45 bits per heavy atom. The van der Waals surface area contributed by atoms with Crippen LogP contribution in [0.15, 0.2) is 36.4 Å². The van der Waals surface area contributed by atoms with Crippen molar-refractivity contribution in [2.45, 2.75) is 32.2 Å². The van der Waals surface area contributed by atoms with Gasteiger partial charge in [-0.15, -0.1) is 0 Å². The molecule has 2 amide bonds. The van der Waals surface area contributed by atoms with Gasteiger partial charge >= 0.3 is 0 Å². The third-order valence-corrected chi connectivity index (χ3v) is 5.98. The lowest BCUT2D eigenvalue weighted by molar-refractivity contribution is -0.119. The molecule has 4 rings (SSSR count). The van der Waals surface area contributed by atoms with Crippen molar-refractivity contribution in [1.29, 1.82) is 0 Å². The number of hydrogen-bond donors (Lipinski definition) is 1. The minimum atomic E-state index is -0.0682. The molecule has 0 atom stereocenters. The first-order chi connectivity index (χ1) is 14.1. The van der Waals surface area contributed by atoms with Gasteiger partial charge in [0.2, 0.25) is 5.91 Å². The van der Waals surface area contributed by atoms with E-state index in [1.807, 2.05) is 11.0 Å². The zero-order valence-electron chi connectivity index (χ0n) is 17.0. The van der Waals surface area contributed by atoms with E-state index in [1.54, 1.807) is 17.8 Å². The van der Waals surface area contributed by atoms with Crippen LogP contribution in [0.5, 0.6) is 0 Å². The molecule has 2 aliphatic rings. The summed E-state index contributed by atoms with van der Waals surface area (Å²) in [6.45, 7) is 3.97. The van der Waals surface area contributed by atoms with Crippen LogP contribution < -0.4 is 5.32 Å². The summed E-state index contributed by atoms with van der Waals surface area (Å²) in [5, 5.41) is 7.30. The average Bonchev–Trinajstić information content (AvgIpc) is 3.39. The van der Waals surface area contributed by atoms with E-state index in [1.165, 1.54) is 5.56 Å². The first-order valence-electron chi connectivity index (χ1n) is 10.5. The molecule has 1 aliphatic carbocycles. The molecule has 1 aromatic heterocycles. The molecule has 29 heavy (non-hydrogen) atoms. The Kier molecular flexibility index (Phi) is 5.94. The van der Waals surface area contributed by atoms with Crippen molar-refractivity contribution in [3.8, 4) is 0 Å². The van der Waals surface area contributed by atoms with Crippen molar-refractivity contribution in [1.82, 2.24) is 19.6 Å². The van der Waals surface area contributed by atoms with Crippen LogP contribution in [0.4, 0.5) is 5.82 Å². The fraction of sp³-hybridized carbons (Fsp3) is 0.500. The van der Waals surface area contributed by atoms with Crippen molar-refractivity contribution < 1.29 is 9.59 Å². The SMILES string of the molecule is Cn1nc(C(=O)N2CCN(Cc3ccccc3)CC2)cc1NC(=O)C1CCCC1. The Morgan fingerprint density at radius 2 is 1.76 bits per heavy atom. The minimum Gasteiger partial charge on any atom is -0.335 e. The summed E-state index contributed by atoms with van der Waals surface area (Å²) in [6.07, 6.45) is 4.12. The number of nitrogens with one attached hydrogen (secondary N) is 1. The van der Waals surface area contributed by atoms with E-state index in [2.05, 4.69) is 39.6 Å². The zero-order valence-corrected chi connectivity index (χ0v) is 17.0. The lowest BCUT2D eigenvalue weighted by atomic mass is 10.1. The fourth-order valence-corrected chi connectivity index (χ4v) is 4.22. The minimum absolute atomic E-state index is 0.0408. The number of piperazine rings is 1. The second-order valence-corrected chi connectivity index (χ2v) is 8.06. The van der Waals surface area contributed by atoms with Gasteiger partial charge in [-0.3, -0.25) is 19.2 Å². The van der Waals surface area contributed by atoms with Crippen molar-refractivity contribution in [2.75, 3.05) is 31.5 Å². The number of carbonyl (C=O) groups excluding carboxylic acids is 2. The van der Waals surface area contributed by atoms with E-state index < -0.39 is 0 Å². The Balaban J connectivity index is 1.32. The molecule has 1 saturated carbocycles. The number of benzene rings is 1. The van der Waals surface area contributed by atoms with Crippen molar-refractivity contribution in [2.24, 2.45) is 13.0 Å². The monoisotopic (exact) mass is 395 g/mol. The molecule has 1 aliphatic heterocycles. The van der Waals surface area contributed by atoms with E-state index >= 15 is 0 Å². The van der Waals surface area contributed by atoms with Gasteiger partial charge in [0, 0.05) is 51.8 Å². The summed E-state index contributed by atoms with van der Waals surface area (Å²) in [5.41, 5.74) is 1.69. The molecule has 0 unspecified atom stereocenters. The summed E-state index contributed by atoms with van der Waals surface area (Å²) < 4.78 is 1.59. The average molecular weight is 396 g/mol. The molecule has 0 spiro atoms. The van der Waals surface area contributed by atoms with Crippen molar-refractivity contribution >= 4 is 17.6 Å². The third-order valence-electron chi connectivity index (χ3n) is 5.98. The summed E-state index contributed by atoms with van der Waals surface area (Å²) in [6, 6.07) is 12.1. The highest BCUT2D eigenvalue weighted by Gasteiger charge is 2.26. The zero-order chi connectivity index (χ0) is 20.2. The molecule has 7 heteroatoms. The van der Waals surface area contributed by atoms with Gasteiger partial charge in [0.05, 0.1) is 0 Å². The maximum Gasteiger partial charge on any atom is 0.274 e. The highest BCUT2D eigenvalue weighted by Crippen LogP contribution is 2.26. The third kappa shape index (κ3) is 4.67. The second kappa shape index (κ2) is 8.78. The number of hydrogen-bond acceptors (Lipinski definition) is 4. The largest absolute Gasteiger partial charge is 0.335 e. The van der Waals surface area contributed by atoms with Gasteiger partial charge in [-0.2, -0.15) is 5.10 Å². The lowest BCUT2D eigenvalue weighted by Crippen LogP contribution is -2.48. The highest BCUT2D eigenvalue weighted by molar-refractivity contribution is 5.96. The molecule has 2 aromatic rings. The van der Waals surface area contributed by atoms with Crippen LogP contribution in [-0.2, 0) is 18.4 Å². The van der Waals surface area contributed by atoms with Crippen LogP contribution in [0.3, 0.4) is 0 Å². The van der Waals surface area contributed by atoms with E-state index in [0.29, 0.717) is 24.6 Å². The second-order valence-electron chi connectivity index (χ2n) is 8.06. The normalized spacial score (nSPS) is 18.2. The summed E-state index contributed by atoms with van der Waals surface area (Å²) in [7, 11) is 1.76. The standard InChI is InChI=1S/C22H29N5O2/c1-25-20(23-21(28)18-9-5-6-10-18)15-19(24-25)22(29)27-13-11-26(12-14-27)16-17-7-3-2-4-8-17/h2-4,7-8,15,18H,5-6,9-14,16H2,1H3,(H,23,28). The van der Waals surface area contributed by atoms with Crippen LogP contribution in [0, 0.1) is 5.92 Å². The molecule has 1 saturated heterocycles. The number of rotatable bonds is 5. The van der Waals surface area contributed by atoms with Crippen molar-refractivity contribution in [3.63, 3.8) is 0 Å². The summed E-state index contributed by atoms with van der Waals surface area (Å²) >= 11 is 0. The molecule has 1 N–H and O–H groups in total. The molecular formula is C22H29N5O2. The van der Waals surface area contributed by atoms with Crippen LogP contribution in [0.1, 0.15) is 41.7 Å². The number of anilines is 1. The van der Waals surface area contributed by atoms with Crippen LogP contribution in [-0.4, -0.2) is 57.6 Å². The molecule has 0 bridgehead atoms. The van der Waals surface area contributed by atoms with Gasteiger partial charge < -0.3 is 10.2 Å². The number of amides is 2. The number of nitrogens with zero attached hydrogens (tertiary/aromatic N) is 4. The first-order valence-corrected chi connectivity index (χ1v) is 10.5. The molecule has 0 radical (unpaired) electrons. The van der Waals surface area contributed by atoms with E-state index in [9.17, 15) is 9.59 Å². The van der Waals surface area contributed by atoms with E-state index in [-0.39, 0.29) is 17.7 Å². The predicted molar refractivity (Wildman–Crippen MR) is 111 cm³/mol. The maximum absolute atomic E-state index is 12.9. The van der Waals surface area contributed by atoms with E-state index in [4.69, 9.17) is 0 Å². The Labute approximate surface area is 171 Å². The fourth-order valence-electron chi connectivity index (χ4n) is 4.22.